The summed E-state index contributed by atoms with van der Waals surface area (Å²) in [4.78, 5) is 31.7. The summed E-state index contributed by atoms with van der Waals surface area (Å²) < 4.78 is 1.20. The molecule has 0 radical (unpaired) electrons. The van der Waals surface area contributed by atoms with Crippen molar-refractivity contribution < 1.29 is 4.79 Å². The van der Waals surface area contributed by atoms with Gasteiger partial charge in [-0.15, -0.1) is 17.9 Å². The highest BCUT2D eigenvalue weighted by Crippen LogP contribution is 2.32. The van der Waals surface area contributed by atoms with Gasteiger partial charge in [0.1, 0.15) is 5.69 Å². The molecule has 0 aliphatic rings. The molecule has 0 bridgehead atoms. The van der Waals surface area contributed by atoms with Crippen molar-refractivity contribution in [2.24, 2.45) is 0 Å². The largest absolute Gasteiger partial charge is 0.280 e. The van der Waals surface area contributed by atoms with Gasteiger partial charge in [0.05, 0.1) is 21.4 Å². The lowest BCUT2D eigenvalue weighted by molar-refractivity contribution is 0.0983. The number of amides is 1. The molecule has 2 aromatic heterocycles. The topological polar surface area (TPSA) is 68.1 Å². The summed E-state index contributed by atoms with van der Waals surface area (Å²) in [6.07, 6.45) is 1.60. The molecule has 0 atom stereocenters. The van der Waals surface area contributed by atoms with Crippen molar-refractivity contribution in [2.45, 2.75) is 0 Å². The summed E-state index contributed by atoms with van der Waals surface area (Å²) in [6.45, 7) is 3.96. The number of benzene rings is 2. The van der Waals surface area contributed by atoms with Crippen molar-refractivity contribution in [3.05, 3.63) is 105 Å². The van der Waals surface area contributed by atoms with E-state index in [1.807, 2.05) is 17.5 Å². The average Bonchev–Trinajstić information content (AvgIpc) is 3.29. The fourth-order valence-electron chi connectivity index (χ4n) is 2.97. The van der Waals surface area contributed by atoms with Crippen LogP contribution in [0.5, 0.6) is 0 Å². The molecule has 0 saturated heterocycles. The van der Waals surface area contributed by atoms with Crippen molar-refractivity contribution in [1.29, 1.82) is 0 Å². The molecule has 4 rings (SSSR count). The molecule has 4 aromatic rings. The minimum Gasteiger partial charge on any atom is -0.279 e. The molecule has 0 fully saturated rings. The molecule has 6 nitrogen and oxygen atoms in total. The van der Waals surface area contributed by atoms with Crippen LogP contribution in [0, 0.1) is 0 Å². The summed E-state index contributed by atoms with van der Waals surface area (Å²) >= 11 is 13.4. The Bertz CT molecular complexity index is 1350. The van der Waals surface area contributed by atoms with E-state index >= 15 is 0 Å². The van der Waals surface area contributed by atoms with Gasteiger partial charge in [0, 0.05) is 23.6 Å². The normalized spacial score (nSPS) is 10.7. The fraction of sp³-hybridized carbons (Fsp3) is 0.0435. The van der Waals surface area contributed by atoms with Gasteiger partial charge in [0.15, 0.2) is 5.13 Å². The number of anilines is 1. The van der Waals surface area contributed by atoms with Crippen LogP contribution >= 0.6 is 34.5 Å². The van der Waals surface area contributed by atoms with Gasteiger partial charge in [0.25, 0.3) is 11.5 Å². The van der Waals surface area contributed by atoms with Gasteiger partial charge in [-0.25, -0.2) is 4.98 Å². The first-order chi connectivity index (χ1) is 15.5. The fourth-order valence-corrected chi connectivity index (χ4v) is 4.11. The zero-order chi connectivity index (χ0) is 22.7. The van der Waals surface area contributed by atoms with Crippen LogP contribution in [0.3, 0.4) is 0 Å². The number of aromatic nitrogens is 3. The van der Waals surface area contributed by atoms with Crippen LogP contribution < -0.4 is 10.5 Å². The van der Waals surface area contributed by atoms with Crippen molar-refractivity contribution in [1.82, 2.24) is 14.8 Å². The number of carbonyl (C=O) groups excluding carboxylic acids is 1. The second-order valence-electron chi connectivity index (χ2n) is 6.65. The third-order valence-electron chi connectivity index (χ3n) is 4.52. The molecule has 0 aliphatic carbocycles. The maximum atomic E-state index is 13.3. The first-order valence-electron chi connectivity index (χ1n) is 9.47. The molecular formula is C23H16Cl2N4O2S. The summed E-state index contributed by atoms with van der Waals surface area (Å²) in [5.74, 6) is -0.399. The molecule has 0 aliphatic heterocycles. The molecule has 2 aromatic carbocycles. The van der Waals surface area contributed by atoms with Crippen molar-refractivity contribution in [3.8, 4) is 16.9 Å². The number of thiazole rings is 1. The molecule has 0 unspecified atom stereocenters. The summed E-state index contributed by atoms with van der Waals surface area (Å²) in [7, 11) is 0. The number of para-hydroxylation sites is 1. The Morgan fingerprint density at radius 2 is 1.88 bits per heavy atom. The summed E-state index contributed by atoms with van der Waals surface area (Å²) in [6, 6.07) is 16.9. The van der Waals surface area contributed by atoms with E-state index in [0.717, 1.165) is 5.56 Å². The number of halogens is 2. The highest BCUT2D eigenvalue weighted by molar-refractivity contribution is 7.14. The predicted molar refractivity (Wildman–Crippen MR) is 129 cm³/mol. The first-order valence-corrected chi connectivity index (χ1v) is 11.1. The van der Waals surface area contributed by atoms with Crippen LogP contribution in [0.15, 0.2) is 83.5 Å². The number of rotatable bonds is 6. The summed E-state index contributed by atoms with van der Waals surface area (Å²) in [5.41, 5.74) is 1.79. The van der Waals surface area contributed by atoms with Crippen LogP contribution in [0.2, 0.25) is 10.0 Å². The maximum Gasteiger partial charge on any atom is 0.280 e. The van der Waals surface area contributed by atoms with Crippen LogP contribution in [0.4, 0.5) is 5.13 Å². The Hall–Kier alpha value is -3.26. The van der Waals surface area contributed by atoms with Gasteiger partial charge >= 0.3 is 0 Å². The minimum atomic E-state index is -0.399. The zero-order valence-corrected chi connectivity index (χ0v) is 18.9. The SMILES string of the molecule is C=CCN(C(=O)c1ccc(=O)n(-c2ccccc2)n1)c1nc(-c2ccc(Cl)c(Cl)c2)cs1. The molecule has 0 N–H and O–H groups in total. The van der Waals surface area contributed by atoms with Gasteiger partial charge in [0.2, 0.25) is 0 Å². The molecule has 32 heavy (non-hydrogen) atoms. The Balaban J connectivity index is 1.69. The molecule has 0 spiro atoms. The van der Waals surface area contributed by atoms with Gasteiger partial charge in [-0.2, -0.15) is 9.78 Å². The van der Waals surface area contributed by atoms with Crippen LogP contribution in [-0.2, 0) is 0 Å². The molecule has 0 saturated carbocycles. The van der Waals surface area contributed by atoms with Gasteiger partial charge in [-0.1, -0.05) is 53.5 Å². The second-order valence-corrected chi connectivity index (χ2v) is 8.30. The zero-order valence-electron chi connectivity index (χ0n) is 16.6. The molecule has 2 heterocycles. The van der Waals surface area contributed by atoms with E-state index in [9.17, 15) is 9.59 Å². The average molecular weight is 483 g/mol. The minimum absolute atomic E-state index is 0.113. The lowest BCUT2D eigenvalue weighted by atomic mass is 10.2. The standard InChI is InChI=1S/C23H16Cl2N4O2S/c1-2-12-28(23-26-20(14-32-23)15-8-9-17(24)18(25)13-15)22(31)19-10-11-21(30)29(27-19)16-6-4-3-5-7-16/h2-11,13-14H,1,12H2. The van der Waals surface area contributed by atoms with E-state index < -0.39 is 5.91 Å². The monoisotopic (exact) mass is 482 g/mol. The van der Waals surface area contributed by atoms with Crippen LogP contribution in [-0.4, -0.2) is 27.2 Å². The van der Waals surface area contributed by atoms with Crippen molar-refractivity contribution >= 4 is 45.6 Å². The molecular weight excluding hydrogens is 467 g/mol. The van der Waals surface area contributed by atoms with E-state index in [1.165, 1.54) is 33.1 Å². The Labute approximate surface area is 198 Å². The molecule has 1 amide bonds. The van der Waals surface area contributed by atoms with Gasteiger partial charge in [-0.3, -0.25) is 14.5 Å². The number of hydrogen-bond donors (Lipinski definition) is 0. The molecule has 9 heteroatoms. The second kappa shape index (κ2) is 9.48. The van der Waals surface area contributed by atoms with Crippen molar-refractivity contribution in [2.75, 3.05) is 11.4 Å². The number of carbonyl (C=O) groups is 1. The Morgan fingerprint density at radius 1 is 1.09 bits per heavy atom. The highest BCUT2D eigenvalue weighted by Gasteiger charge is 2.22. The van der Waals surface area contributed by atoms with Crippen LogP contribution in [0.25, 0.3) is 16.9 Å². The summed E-state index contributed by atoms with van der Waals surface area (Å²) in [5, 5.41) is 7.45. The van der Waals surface area contributed by atoms with E-state index in [0.29, 0.717) is 26.6 Å². The Kier molecular flexibility index (Phi) is 6.50. The third-order valence-corrected chi connectivity index (χ3v) is 6.12. The third kappa shape index (κ3) is 4.50. The highest BCUT2D eigenvalue weighted by atomic mass is 35.5. The smallest absolute Gasteiger partial charge is 0.279 e. The first kappa shape index (κ1) is 22.0. The van der Waals surface area contributed by atoms with E-state index in [2.05, 4.69) is 16.7 Å². The van der Waals surface area contributed by atoms with Crippen molar-refractivity contribution in [3.63, 3.8) is 0 Å². The van der Waals surface area contributed by atoms with E-state index in [-0.39, 0.29) is 17.8 Å². The van der Waals surface area contributed by atoms with Crippen LogP contribution in [0.1, 0.15) is 10.5 Å². The van der Waals surface area contributed by atoms with Gasteiger partial charge < -0.3 is 0 Å². The number of hydrogen-bond acceptors (Lipinski definition) is 5. The predicted octanol–water partition coefficient (Wildman–Crippen LogP) is 5.50. The quantitative estimate of drug-likeness (QED) is 0.340. The number of nitrogens with zero attached hydrogens (tertiary/aromatic N) is 4. The lowest BCUT2D eigenvalue weighted by Gasteiger charge is -2.18. The van der Waals surface area contributed by atoms with E-state index in [4.69, 9.17) is 23.2 Å². The van der Waals surface area contributed by atoms with Gasteiger partial charge in [-0.05, 0) is 30.3 Å². The maximum absolute atomic E-state index is 13.3. The van der Waals surface area contributed by atoms with E-state index in [1.54, 1.807) is 42.5 Å². The molecule has 160 valence electrons. The lowest BCUT2D eigenvalue weighted by Crippen LogP contribution is -2.33. The Morgan fingerprint density at radius 3 is 2.59 bits per heavy atom.